The van der Waals surface area contributed by atoms with E-state index in [0.29, 0.717) is 0 Å². The van der Waals surface area contributed by atoms with Gasteiger partial charge in [-0.25, -0.2) is 0 Å². The van der Waals surface area contributed by atoms with E-state index in [-0.39, 0.29) is 0 Å². The Balaban J connectivity index is 2.35. The summed E-state index contributed by atoms with van der Waals surface area (Å²) in [7, 11) is 0. The van der Waals surface area contributed by atoms with Gasteiger partial charge in [0.15, 0.2) is 0 Å². The third-order valence-corrected chi connectivity index (χ3v) is 3.80. The van der Waals surface area contributed by atoms with E-state index in [0.717, 1.165) is 20.9 Å². The molecule has 0 N–H and O–H groups in total. The van der Waals surface area contributed by atoms with Crippen LogP contribution in [-0.4, -0.2) is 0 Å². The van der Waals surface area contributed by atoms with Gasteiger partial charge < -0.3 is 0 Å². The topological polar surface area (TPSA) is 0 Å². The zero-order valence-electron chi connectivity index (χ0n) is 12.3. The first-order chi connectivity index (χ1) is 10.1. The maximum Gasteiger partial charge on any atom is -0.0105 e. The Kier molecular flexibility index (Phi) is 3.45. The number of hydrogen-bond acceptors (Lipinski definition) is 0. The van der Waals surface area contributed by atoms with Crippen LogP contribution in [0.1, 0.15) is 5.56 Å². The lowest BCUT2D eigenvalue weighted by atomic mass is 10.0. The molecule has 0 heteroatoms. The van der Waals surface area contributed by atoms with Crippen LogP contribution in [-0.2, 0) is 0 Å². The minimum Gasteiger partial charge on any atom is -0.0911 e. The van der Waals surface area contributed by atoms with E-state index in [1.54, 1.807) is 0 Å². The van der Waals surface area contributed by atoms with Crippen LogP contribution >= 0.6 is 0 Å². The normalized spacial score (nSPS) is 12.2. The molecule has 0 unspecified atom stereocenters. The average Bonchev–Trinajstić information content (AvgIpc) is 2.50. The molecule has 0 heterocycles. The first-order valence-corrected chi connectivity index (χ1v) is 7.09. The molecule has 3 aromatic rings. The molecule has 0 atom stereocenters. The van der Waals surface area contributed by atoms with Gasteiger partial charge in [-0.2, -0.15) is 0 Å². The lowest BCUT2D eigenvalue weighted by Gasteiger charge is -2.03. The van der Waals surface area contributed by atoms with E-state index in [9.17, 15) is 0 Å². The summed E-state index contributed by atoms with van der Waals surface area (Å²) in [5.74, 6) is 0. The van der Waals surface area contributed by atoms with E-state index in [1.807, 2.05) is 18.2 Å². The van der Waals surface area contributed by atoms with Crippen molar-refractivity contribution in [1.29, 1.82) is 0 Å². The lowest BCUT2D eigenvalue weighted by Crippen LogP contribution is -2.06. The maximum absolute atomic E-state index is 4.16. The highest BCUT2D eigenvalue weighted by Gasteiger charge is 1.98. The summed E-state index contributed by atoms with van der Waals surface area (Å²) in [6.07, 6.45) is 0. The summed E-state index contributed by atoms with van der Waals surface area (Å²) >= 11 is 0. The summed E-state index contributed by atoms with van der Waals surface area (Å²) in [5.41, 5.74) is 3.71. The molecule has 102 valence electrons. The van der Waals surface area contributed by atoms with Gasteiger partial charge in [-0.15, -0.1) is 0 Å². The maximum atomic E-state index is 4.16. The van der Waals surface area contributed by atoms with Gasteiger partial charge >= 0.3 is 0 Å². The molecule has 3 aromatic carbocycles. The first kappa shape index (κ1) is 13.4. The summed E-state index contributed by atoms with van der Waals surface area (Å²) in [6.45, 7) is 10.4. The average molecular weight is 270 g/mol. The van der Waals surface area contributed by atoms with Crippen LogP contribution in [0.2, 0.25) is 0 Å². The molecule has 0 aliphatic heterocycles. The van der Waals surface area contributed by atoms with Crippen LogP contribution in [0.15, 0.2) is 66.7 Å². The highest BCUT2D eigenvalue weighted by Crippen LogP contribution is 2.18. The molecule has 0 spiro atoms. The zero-order chi connectivity index (χ0) is 14.8. The van der Waals surface area contributed by atoms with Crippen molar-refractivity contribution in [1.82, 2.24) is 0 Å². The minimum atomic E-state index is 1.03. The van der Waals surface area contributed by atoms with Crippen molar-refractivity contribution < 1.29 is 0 Å². The highest BCUT2D eigenvalue weighted by molar-refractivity contribution is 5.63. The van der Waals surface area contributed by atoms with Gasteiger partial charge in [-0.1, -0.05) is 79.4 Å². The SMILES string of the molecule is C=c1cccc/c1=c1\cc(-c2ccc(C)cc2)ccc1=C. The molecule has 0 radical (unpaired) electrons. The Hall–Kier alpha value is -2.60. The van der Waals surface area contributed by atoms with Crippen LogP contribution in [0.25, 0.3) is 24.3 Å². The van der Waals surface area contributed by atoms with E-state index in [2.05, 4.69) is 68.6 Å². The van der Waals surface area contributed by atoms with Gasteiger partial charge in [-0.3, -0.25) is 0 Å². The molecule has 0 nitrogen and oxygen atoms in total. The quantitative estimate of drug-likeness (QED) is 0.631. The van der Waals surface area contributed by atoms with Crippen molar-refractivity contribution in [2.75, 3.05) is 0 Å². The summed E-state index contributed by atoms with van der Waals surface area (Å²) in [4.78, 5) is 0. The first-order valence-electron chi connectivity index (χ1n) is 7.09. The van der Waals surface area contributed by atoms with Crippen LogP contribution < -0.4 is 10.4 Å². The lowest BCUT2D eigenvalue weighted by molar-refractivity contribution is 1.40. The van der Waals surface area contributed by atoms with Gasteiger partial charge in [0.25, 0.3) is 0 Å². The number of benzene rings is 3. The van der Waals surface area contributed by atoms with Gasteiger partial charge in [-0.05, 0) is 45.0 Å². The van der Waals surface area contributed by atoms with E-state index < -0.39 is 0 Å². The fourth-order valence-electron chi connectivity index (χ4n) is 2.54. The molecule has 0 aliphatic rings. The van der Waals surface area contributed by atoms with Crippen LogP contribution in [0.4, 0.5) is 0 Å². The third-order valence-electron chi connectivity index (χ3n) is 3.80. The van der Waals surface area contributed by atoms with Gasteiger partial charge in [0, 0.05) is 0 Å². The van der Waals surface area contributed by atoms with Crippen LogP contribution in [0.3, 0.4) is 0 Å². The molecule has 0 saturated heterocycles. The van der Waals surface area contributed by atoms with Crippen molar-refractivity contribution in [3.8, 4) is 11.1 Å². The monoisotopic (exact) mass is 270 g/mol. The van der Waals surface area contributed by atoms with Crippen molar-refractivity contribution >= 4 is 13.2 Å². The molecule has 0 amide bonds. The molecule has 21 heavy (non-hydrogen) atoms. The third kappa shape index (κ3) is 2.66. The second-order valence-electron chi connectivity index (χ2n) is 5.40. The summed E-state index contributed by atoms with van der Waals surface area (Å²) in [6, 6.07) is 23.2. The Morgan fingerprint density at radius 1 is 0.619 bits per heavy atom. The molecule has 0 aliphatic carbocycles. The number of aryl methyl sites for hydroxylation is 1. The number of hydrogen-bond donors (Lipinski definition) is 0. The Morgan fingerprint density at radius 2 is 1.24 bits per heavy atom. The molecule has 0 aromatic heterocycles. The van der Waals surface area contributed by atoms with Crippen molar-refractivity contribution in [3.63, 3.8) is 0 Å². The predicted octanol–water partition coefficient (Wildman–Crippen LogP) is 3.77. The second kappa shape index (κ2) is 5.41. The van der Waals surface area contributed by atoms with Gasteiger partial charge in [0.2, 0.25) is 0 Å². The Labute approximate surface area is 125 Å². The zero-order valence-corrected chi connectivity index (χ0v) is 12.3. The Morgan fingerprint density at radius 3 is 1.95 bits per heavy atom. The van der Waals surface area contributed by atoms with Crippen LogP contribution in [0.5, 0.6) is 0 Å². The van der Waals surface area contributed by atoms with Crippen molar-refractivity contribution in [3.05, 3.63) is 93.2 Å². The fraction of sp³-hybridized carbons (Fsp3) is 0.0476. The molecule has 3 rings (SSSR count). The second-order valence-corrected chi connectivity index (χ2v) is 5.40. The summed E-state index contributed by atoms with van der Waals surface area (Å²) < 4.78 is 0. The Bertz CT molecular complexity index is 964. The van der Waals surface area contributed by atoms with Crippen molar-refractivity contribution in [2.45, 2.75) is 6.92 Å². The van der Waals surface area contributed by atoms with Gasteiger partial charge in [0.05, 0.1) is 0 Å². The van der Waals surface area contributed by atoms with E-state index >= 15 is 0 Å². The van der Waals surface area contributed by atoms with Crippen LogP contribution in [0, 0.1) is 17.4 Å². The molecule has 0 fully saturated rings. The molecule has 0 saturated carbocycles. The largest absolute Gasteiger partial charge is 0.0911 e. The smallest absolute Gasteiger partial charge is 0.0105 e. The van der Waals surface area contributed by atoms with E-state index in [4.69, 9.17) is 0 Å². The molecule has 0 bridgehead atoms. The van der Waals surface area contributed by atoms with Crippen molar-refractivity contribution in [2.24, 2.45) is 0 Å². The fourth-order valence-corrected chi connectivity index (χ4v) is 2.54. The summed E-state index contributed by atoms with van der Waals surface area (Å²) in [5, 5.41) is 4.36. The highest BCUT2D eigenvalue weighted by atomic mass is 14.0. The number of rotatable bonds is 1. The predicted molar refractivity (Wildman–Crippen MR) is 91.0 cm³/mol. The van der Waals surface area contributed by atoms with E-state index in [1.165, 1.54) is 16.7 Å². The molecular weight excluding hydrogens is 252 g/mol. The minimum absolute atomic E-state index is 1.03. The molecular formula is C21H18. The van der Waals surface area contributed by atoms with Gasteiger partial charge in [0.1, 0.15) is 0 Å². The standard InChI is InChI=1S/C21H18/c1-15-8-11-18(12-9-15)19-13-10-17(3)21(14-19)20-7-5-4-6-16(20)2/h4-14H,2-3H2,1H3/b21-20-.